The van der Waals surface area contributed by atoms with Gasteiger partial charge < -0.3 is 24.6 Å². The number of aryl methyl sites for hydroxylation is 1. The van der Waals surface area contributed by atoms with Gasteiger partial charge in [-0.2, -0.15) is 13.2 Å². The van der Waals surface area contributed by atoms with Gasteiger partial charge in [-0.3, -0.25) is 4.79 Å². The summed E-state index contributed by atoms with van der Waals surface area (Å²) in [5.41, 5.74) is -0.374. The first-order chi connectivity index (χ1) is 17.9. The number of aromatic nitrogens is 3. The number of halogens is 3. The second kappa shape index (κ2) is 9.48. The number of alkyl halides is 3. The molecule has 0 aliphatic carbocycles. The van der Waals surface area contributed by atoms with Crippen LogP contribution in [0.2, 0.25) is 0 Å². The molecule has 1 fully saturated rings. The fourth-order valence-electron chi connectivity index (χ4n) is 5.04. The van der Waals surface area contributed by atoms with Crippen LogP contribution in [0.25, 0.3) is 0 Å². The highest BCUT2D eigenvalue weighted by Crippen LogP contribution is 2.41. The van der Waals surface area contributed by atoms with Crippen LogP contribution in [0.3, 0.4) is 0 Å². The molecular weight excluding hydrogens is 499 g/mol. The molecule has 5 rings (SSSR count). The molecule has 2 N–H and O–H groups in total. The third-order valence-electron chi connectivity index (χ3n) is 7.12. The fraction of sp³-hybridized carbons (Fsp3) is 0.444. The van der Waals surface area contributed by atoms with Gasteiger partial charge >= 0.3 is 6.18 Å². The van der Waals surface area contributed by atoms with E-state index in [1.807, 2.05) is 29.8 Å². The van der Waals surface area contributed by atoms with E-state index >= 15 is 0 Å². The highest BCUT2D eigenvalue weighted by atomic mass is 19.4. The fourth-order valence-corrected chi connectivity index (χ4v) is 5.04. The summed E-state index contributed by atoms with van der Waals surface area (Å²) in [5.74, 6) is 0.322. The molecule has 2 aromatic carbocycles. The molecule has 1 saturated heterocycles. The number of carbonyl (C=O) groups excluding carboxylic acids is 1. The van der Waals surface area contributed by atoms with E-state index in [9.17, 15) is 23.1 Å². The molecule has 2 aliphatic rings. The molecule has 0 spiro atoms. The molecule has 0 radical (unpaired) electrons. The van der Waals surface area contributed by atoms with Crippen molar-refractivity contribution in [3.8, 4) is 0 Å². The van der Waals surface area contributed by atoms with Gasteiger partial charge in [-0.15, -0.1) is 10.2 Å². The number of hydrogen-bond acceptors (Lipinski definition) is 6. The normalized spacial score (nSPS) is 17.0. The van der Waals surface area contributed by atoms with Gasteiger partial charge in [0.15, 0.2) is 0 Å². The smallest absolute Gasteiger partial charge is 0.389 e. The summed E-state index contributed by atoms with van der Waals surface area (Å²) in [6, 6.07) is 9.97. The van der Waals surface area contributed by atoms with E-state index in [2.05, 4.69) is 15.5 Å². The van der Waals surface area contributed by atoms with Crippen molar-refractivity contribution in [1.29, 1.82) is 0 Å². The predicted molar refractivity (Wildman–Crippen MR) is 134 cm³/mol. The van der Waals surface area contributed by atoms with E-state index in [0.717, 1.165) is 17.5 Å². The van der Waals surface area contributed by atoms with Crippen molar-refractivity contribution >= 4 is 11.6 Å². The third-order valence-corrected chi connectivity index (χ3v) is 7.12. The van der Waals surface area contributed by atoms with Crippen molar-refractivity contribution in [2.75, 3.05) is 24.7 Å². The van der Waals surface area contributed by atoms with Gasteiger partial charge in [0.25, 0.3) is 5.91 Å². The van der Waals surface area contributed by atoms with Crippen LogP contribution < -0.4 is 10.2 Å². The Kier molecular flexibility index (Phi) is 6.57. The van der Waals surface area contributed by atoms with Crippen molar-refractivity contribution in [1.82, 2.24) is 20.1 Å². The minimum Gasteiger partial charge on any atom is -0.389 e. The minimum absolute atomic E-state index is 0.0279. The number of aliphatic hydroxyl groups is 1. The van der Waals surface area contributed by atoms with Gasteiger partial charge in [-0.1, -0.05) is 12.1 Å². The van der Waals surface area contributed by atoms with Crippen LogP contribution in [0.1, 0.15) is 52.3 Å². The molecule has 0 unspecified atom stereocenters. The predicted octanol–water partition coefficient (Wildman–Crippen LogP) is 3.37. The maximum atomic E-state index is 14.1. The van der Waals surface area contributed by atoms with E-state index in [0.29, 0.717) is 30.9 Å². The molecule has 202 valence electrons. The molecule has 3 aromatic rings. The summed E-state index contributed by atoms with van der Waals surface area (Å²) < 4.78 is 49.6. The highest BCUT2D eigenvalue weighted by Gasteiger charge is 2.43. The van der Waals surface area contributed by atoms with Gasteiger partial charge in [0.2, 0.25) is 0 Å². The number of rotatable bonds is 8. The summed E-state index contributed by atoms with van der Waals surface area (Å²) in [5, 5.41) is 21.0. The Bertz CT molecular complexity index is 1360. The number of ether oxygens (including phenoxy) is 1. The lowest BCUT2D eigenvalue weighted by Gasteiger charge is -2.42. The Hall–Kier alpha value is -3.28. The van der Waals surface area contributed by atoms with Crippen LogP contribution in [0, 0.1) is 0 Å². The number of nitrogens with one attached hydrogen (secondary N) is 1. The Labute approximate surface area is 218 Å². The minimum atomic E-state index is -4.61. The molecule has 0 saturated carbocycles. The first-order valence-electron chi connectivity index (χ1n) is 12.4. The van der Waals surface area contributed by atoms with Gasteiger partial charge in [0.05, 0.1) is 30.9 Å². The SMILES string of the molecule is Cn1cnnc1CC1(c2cccc(N3Cc4c(cc(CNCC(C)(C)O)cc4C(F)(F)F)C3=O)c2)COC1. The Balaban J connectivity index is 1.44. The molecule has 0 atom stereocenters. The molecule has 0 bridgehead atoms. The third kappa shape index (κ3) is 5.05. The van der Waals surface area contributed by atoms with E-state index in [1.165, 1.54) is 11.0 Å². The number of nitrogens with zero attached hydrogens (tertiary/aromatic N) is 4. The van der Waals surface area contributed by atoms with Crippen molar-refractivity contribution in [2.24, 2.45) is 7.05 Å². The van der Waals surface area contributed by atoms with Crippen LogP contribution in [0.4, 0.5) is 18.9 Å². The highest BCUT2D eigenvalue weighted by molar-refractivity contribution is 6.10. The monoisotopic (exact) mass is 529 g/mol. The topological polar surface area (TPSA) is 92.5 Å². The number of anilines is 1. The molecule has 11 heteroatoms. The average Bonchev–Trinajstić information content (AvgIpc) is 3.37. The Morgan fingerprint density at radius 2 is 1.95 bits per heavy atom. The van der Waals surface area contributed by atoms with Crippen molar-refractivity contribution in [3.63, 3.8) is 0 Å². The van der Waals surface area contributed by atoms with Gasteiger partial charge in [0, 0.05) is 43.2 Å². The summed E-state index contributed by atoms with van der Waals surface area (Å²) in [6.45, 7) is 4.26. The zero-order chi connectivity index (χ0) is 27.3. The van der Waals surface area contributed by atoms with E-state index in [-0.39, 0.29) is 36.2 Å². The maximum Gasteiger partial charge on any atom is 0.416 e. The summed E-state index contributed by atoms with van der Waals surface area (Å²) in [4.78, 5) is 14.9. The Morgan fingerprint density at radius 3 is 2.55 bits per heavy atom. The maximum absolute atomic E-state index is 14.1. The van der Waals surface area contributed by atoms with E-state index < -0.39 is 23.2 Å². The molecule has 38 heavy (non-hydrogen) atoms. The van der Waals surface area contributed by atoms with Crippen LogP contribution in [-0.4, -0.2) is 51.1 Å². The lowest BCUT2D eigenvalue weighted by molar-refractivity contribution is -0.138. The molecule has 8 nitrogen and oxygen atoms in total. The van der Waals surface area contributed by atoms with Crippen LogP contribution in [-0.2, 0) is 42.9 Å². The zero-order valence-corrected chi connectivity index (χ0v) is 21.5. The lowest BCUT2D eigenvalue weighted by atomic mass is 9.75. The first kappa shape index (κ1) is 26.3. The summed E-state index contributed by atoms with van der Waals surface area (Å²) >= 11 is 0. The number of amides is 1. The van der Waals surface area contributed by atoms with Gasteiger partial charge in [-0.05, 0) is 54.8 Å². The van der Waals surface area contributed by atoms with E-state index in [4.69, 9.17) is 4.74 Å². The standard InChI is InChI=1S/C27H30F3N5O3/c1-25(2,37)13-31-11-17-7-20-21(22(8-17)27(28,29)30)12-35(24(20)36)19-6-4-5-18(9-19)26(14-38-15-26)10-23-33-32-16-34(23)3/h4-9,16,31,37H,10-15H2,1-3H3. The first-order valence-corrected chi connectivity index (χ1v) is 12.4. The second-order valence-corrected chi connectivity index (χ2v) is 10.8. The van der Waals surface area contributed by atoms with Crippen LogP contribution in [0.15, 0.2) is 42.7 Å². The number of benzene rings is 2. The van der Waals surface area contributed by atoms with Crippen molar-refractivity contribution in [3.05, 3.63) is 76.4 Å². The number of fused-ring (bicyclic) bond motifs is 1. The summed E-state index contributed by atoms with van der Waals surface area (Å²) in [7, 11) is 1.87. The van der Waals surface area contributed by atoms with E-state index in [1.54, 1.807) is 26.2 Å². The largest absolute Gasteiger partial charge is 0.416 e. The van der Waals surface area contributed by atoms with Gasteiger partial charge in [0.1, 0.15) is 12.2 Å². The Morgan fingerprint density at radius 1 is 1.18 bits per heavy atom. The average molecular weight is 530 g/mol. The molecule has 1 amide bonds. The van der Waals surface area contributed by atoms with Crippen LogP contribution >= 0.6 is 0 Å². The molecule has 2 aliphatic heterocycles. The summed E-state index contributed by atoms with van der Waals surface area (Å²) in [6.07, 6.45) is -2.40. The number of carbonyl (C=O) groups is 1. The van der Waals surface area contributed by atoms with Crippen molar-refractivity contribution in [2.45, 2.75) is 50.6 Å². The molecular formula is C27H30F3N5O3. The van der Waals surface area contributed by atoms with Gasteiger partial charge in [-0.25, -0.2) is 0 Å². The van der Waals surface area contributed by atoms with Crippen LogP contribution in [0.5, 0.6) is 0 Å². The molecule has 1 aromatic heterocycles. The second-order valence-electron chi connectivity index (χ2n) is 10.8. The number of hydrogen-bond donors (Lipinski definition) is 2. The lowest BCUT2D eigenvalue weighted by Crippen LogP contribution is -2.49. The van der Waals surface area contributed by atoms with Crippen molar-refractivity contribution < 1.29 is 27.8 Å². The zero-order valence-electron chi connectivity index (χ0n) is 21.5. The quantitative estimate of drug-likeness (QED) is 0.465. The molecule has 3 heterocycles.